The summed E-state index contributed by atoms with van der Waals surface area (Å²) in [5.74, 6) is 0.495. The Bertz CT molecular complexity index is 912. The van der Waals surface area contributed by atoms with E-state index < -0.39 is 5.97 Å². The SMILES string of the molecule is COc1ccc2c(c1)C(CC(=O)O)=C(C)/C2=C/c1cnc(N(C)C)nc1. The molecule has 0 bridgehead atoms. The van der Waals surface area contributed by atoms with E-state index in [1.54, 1.807) is 19.5 Å². The highest BCUT2D eigenvalue weighted by Gasteiger charge is 2.25. The molecule has 6 nitrogen and oxygen atoms in total. The Morgan fingerprint density at radius 3 is 2.50 bits per heavy atom. The summed E-state index contributed by atoms with van der Waals surface area (Å²) in [5, 5.41) is 9.29. The lowest BCUT2D eigenvalue weighted by molar-refractivity contribution is -0.135. The molecule has 0 aliphatic heterocycles. The van der Waals surface area contributed by atoms with Crippen LogP contribution in [0.3, 0.4) is 0 Å². The number of methoxy groups -OCH3 is 1. The van der Waals surface area contributed by atoms with Gasteiger partial charge in [0.05, 0.1) is 13.5 Å². The summed E-state index contributed by atoms with van der Waals surface area (Å²) >= 11 is 0. The fourth-order valence-electron chi connectivity index (χ4n) is 3.07. The van der Waals surface area contributed by atoms with Crippen LogP contribution in [0.2, 0.25) is 0 Å². The van der Waals surface area contributed by atoms with Gasteiger partial charge in [-0.05, 0) is 53.0 Å². The zero-order valence-corrected chi connectivity index (χ0v) is 15.3. The first-order valence-corrected chi connectivity index (χ1v) is 8.22. The van der Waals surface area contributed by atoms with Crippen molar-refractivity contribution in [2.24, 2.45) is 0 Å². The van der Waals surface area contributed by atoms with Gasteiger partial charge in [-0.15, -0.1) is 0 Å². The topological polar surface area (TPSA) is 75.6 Å². The Labute approximate surface area is 152 Å². The highest BCUT2D eigenvalue weighted by molar-refractivity contribution is 6.07. The quantitative estimate of drug-likeness (QED) is 0.890. The highest BCUT2D eigenvalue weighted by atomic mass is 16.5. The predicted molar refractivity (Wildman–Crippen MR) is 102 cm³/mol. The summed E-state index contributed by atoms with van der Waals surface area (Å²) in [6.45, 7) is 1.95. The molecule has 0 radical (unpaired) electrons. The van der Waals surface area contributed by atoms with Crippen molar-refractivity contribution in [2.75, 3.05) is 26.1 Å². The van der Waals surface area contributed by atoms with Crippen molar-refractivity contribution in [2.45, 2.75) is 13.3 Å². The maximum atomic E-state index is 11.3. The number of aromatic nitrogens is 2. The number of fused-ring (bicyclic) bond motifs is 1. The van der Waals surface area contributed by atoms with E-state index in [9.17, 15) is 9.90 Å². The number of carboxylic acids is 1. The second-order valence-electron chi connectivity index (χ2n) is 6.35. The third kappa shape index (κ3) is 3.31. The molecule has 2 aromatic rings. The van der Waals surface area contributed by atoms with Crippen molar-refractivity contribution >= 4 is 29.1 Å². The van der Waals surface area contributed by atoms with Gasteiger partial charge in [0.15, 0.2) is 0 Å². The second-order valence-corrected chi connectivity index (χ2v) is 6.35. The van der Waals surface area contributed by atoms with Crippen molar-refractivity contribution in [3.8, 4) is 5.75 Å². The molecule has 0 saturated heterocycles. The van der Waals surface area contributed by atoms with E-state index in [1.807, 2.05) is 50.2 Å². The number of ether oxygens (including phenoxy) is 1. The minimum Gasteiger partial charge on any atom is -0.497 e. The summed E-state index contributed by atoms with van der Waals surface area (Å²) in [6, 6.07) is 5.74. The first-order valence-electron chi connectivity index (χ1n) is 8.22. The summed E-state index contributed by atoms with van der Waals surface area (Å²) < 4.78 is 5.30. The molecule has 0 spiro atoms. The lowest BCUT2D eigenvalue weighted by Crippen LogP contribution is -2.12. The fourth-order valence-corrected chi connectivity index (χ4v) is 3.07. The Kier molecular flexibility index (Phi) is 4.75. The first-order chi connectivity index (χ1) is 12.4. The van der Waals surface area contributed by atoms with Crippen LogP contribution in [0.1, 0.15) is 30.0 Å². The van der Waals surface area contributed by atoms with Crippen molar-refractivity contribution < 1.29 is 14.6 Å². The maximum absolute atomic E-state index is 11.3. The van der Waals surface area contributed by atoms with Crippen LogP contribution in [0.5, 0.6) is 5.75 Å². The lowest BCUT2D eigenvalue weighted by Gasteiger charge is -2.09. The van der Waals surface area contributed by atoms with E-state index in [-0.39, 0.29) is 6.42 Å². The molecule has 3 rings (SSSR count). The average molecular weight is 351 g/mol. The van der Waals surface area contributed by atoms with Gasteiger partial charge in [0, 0.05) is 32.1 Å². The minimum absolute atomic E-state index is 0.0284. The molecule has 1 aliphatic rings. The standard InChI is InChI=1S/C20H21N3O3/c1-12-16(7-13-10-21-20(22-11-13)23(2)3)15-6-5-14(26-4)8-18(15)17(12)9-19(24)25/h5-8,10-11H,9H2,1-4H3,(H,24,25)/b16-7-. The van der Waals surface area contributed by atoms with Gasteiger partial charge in [-0.1, -0.05) is 6.07 Å². The summed E-state index contributed by atoms with van der Waals surface area (Å²) in [4.78, 5) is 21.8. The monoisotopic (exact) mass is 351 g/mol. The molecular formula is C20H21N3O3. The number of aliphatic carboxylic acids is 1. The van der Waals surface area contributed by atoms with E-state index in [0.717, 1.165) is 33.4 Å². The van der Waals surface area contributed by atoms with Crippen LogP contribution in [0, 0.1) is 0 Å². The maximum Gasteiger partial charge on any atom is 0.307 e. The van der Waals surface area contributed by atoms with Gasteiger partial charge in [-0.25, -0.2) is 9.97 Å². The Morgan fingerprint density at radius 2 is 1.92 bits per heavy atom. The molecule has 1 aliphatic carbocycles. The van der Waals surface area contributed by atoms with E-state index in [4.69, 9.17) is 4.74 Å². The van der Waals surface area contributed by atoms with Crippen LogP contribution < -0.4 is 9.64 Å². The molecule has 6 heteroatoms. The molecule has 0 atom stereocenters. The van der Waals surface area contributed by atoms with Crippen LogP contribution in [-0.4, -0.2) is 42.2 Å². The third-order valence-electron chi connectivity index (χ3n) is 4.40. The van der Waals surface area contributed by atoms with Gasteiger partial charge in [-0.3, -0.25) is 4.79 Å². The van der Waals surface area contributed by atoms with Crippen LogP contribution in [-0.2, 0) is 4.79 Å². The van der Waals surface area contributed by atoms with Crippen LogP contribution in [0.4, 0.5) is 5.95 Å². The lowest BCUT2D eigenvalue weighted by atomic mass is 10.0. The molecule has 0 fully saturated rings. The number of nitrogens with zero attached hydrogens (tertiary/aromatic N) is 3. The van der Waals surface area contributed by atoms with Gasteiger partial charge >= 0.3 is 5.97 Å². The zero-order valence-electron chi connectivity index (χ0n) is 15.3. The highest BCUT2D eigenvalue weighted by Crippen LogP contribution is 2.44. The largest absolute Gasteiger partial charge is 0.497 e. The van der Waals surface area contributed by atoms with Crippen LogP contribution in [0.25, 0.3) is 17.2 Å². The first kappa shape index (κ1) is 17.7. The summed E-state index contributed by atoms with van der Waals surface area (Å²) in [7, 11) is 5.38. The Balaban J connectivity index is 2.09. The van der Waals surface area contributed by atoms with Gasteiger partial charge in [0.1, 0.15) is 5.75 Å². The predicted octanol–water partition coefficient (Wildman–Crippen LogP) is 3.35. The fraction of sp³-hybridized carbons (Fsp3) is 0.250. The van der Waals surface area contributed by atoms with E-state index >= 15 is 0 Å². The Hall–Kier alpha value is -3.15. The molecule has 1 aromatic carbocycles. The normalized spacial score (nSPS) is 14.5. The van der Waals surface area contributed by atoms with Crippen LogP contribution >= 0.6 is 0 Å². The smallest absolute Gasteiger partial charge is 0.307 e. The molecule has 26 heavy (non-hydrogen) atoms. The number of rotatable bonds is 5. The summed E-state index contributed by atoms with van der Waals surface area (Å²) in [6.07, 6.45) is 5.50. The second kappa shape index (κ2) is 7.00. The number of hydrogen-bond acceptors (Lipinski definition) is 5. The molecular weight excluding hydrogens is 330 g/mol. The molecule has 1 heterocycles. The molecule has 0 unspecified atom stereocenters. The minimum atomic E-state index is -0.854. The molecule has 134 valence electrons. The van der Waals surface area contributed by atoms with Gasteiger partial charge in [-0.2, -0.15) is 0 Å². The van der Waals surface area contributed by atoms with Gasteiger partial charge in [0.2, 0.25) is 5.95 Å². The molecule has 1 N–H and O–H groups in total. The van der Waals surface area contributed by atoms with Crippen molar-refractivity contribution in [3.05, 3.63) is 52.9 Å². The number of anilines is 1. The van der Waals surface area contributed by atoms with Crippen LogP contribution in [0.15, 0.2) is 36.2 Å². The molecule has 1 aromatic heterocycles. The number of carboxylic acid groups (broad SMARTS) is 1. The average Bonchev–Trinajstić information content (AvgIpc) is 2.87. The van der Waals surface area contributed by atoms with Crippen molar-refractivity contribution in [1.29, 1.82) is 0 Å². The molecule has 0 saturated carbocycles. The number of allylic oxidation sites excluding steroid dienone is 2. The number of hydrogen-bond donors (Lipinski definition) is 1. The van der Waals surface area contributed by atoms with Gasteiger partial charge in [0.25, 0.3) is 0 Å². The number of carbonyl (C=O) groups is 1. The third-order valence-corrected chi connectivity index (χ3v) is 4.40. The molecule has 0 amide bonds. The van der Waals surface area contributed by atoms with E-state index in [2.05, 4.69) is 9.97 Å². The van der Waals surface area contributed by atoms with Gasteiger partial charge < -0.3 is 14.7 Å². The van der Waals surface area contributed by atoms with E-state index in [0.29, 0.717) is 11.7 Å². The Morgan fingerprint density at radius 1 is 1.23 bits per heavy atom. The number of benzene rings is 1. The van der Waals surface area contributed by atoms with Crippen molar-refractivity contribution in [1.82, 2.24) is 9.97 Å². The van der Waals surface area contributed by atoms with Crippen molar-refractivity contribution in [3.63, 3.8) is 0 Å². The zero-order chi connectivity index (χ0) is 18.8. The van der Waals surface area contributed by atoms with E-state index in [1.165, 1.54) is 0 Å². The summed E-state index contributed by atoms with van der Waals surface area (Å²) in [5.41, 5.74) is 5.51.